The number of amides is 1. The van der Waals surface area contributed by atoms with Gasteiger partial charge < -0.3 is 10.6 Å². The Morgan fingerprint density at radius 1 is 1.60 bits per heavy atom. The normalized spacial score (nSPS) is 20.1. The van der Waals surface area contributed by atoms with Crippen LogP contribution in [-0.4, -0.2) is 53.4 Å². The quantitative estimate of drug-likeness (QED) is 0.864. The summed E-state index contributed by atoms with van der Waals surface area (Å²) in [7, 11) is -3.29. The van der Waals surface area contributed by atoms with Crippen LogP contribution in [0.15, 0.2) is 5.38 Å². The maximum Gasteiger partial charge on any atom is 0.274 e. The molecule has 0 bridgehead atoms. The topological polar surface area (TPSA) is 93.4 Å². The van der Waals surface area contributed by atoms with Crippen LogP contribution in [0.3, 0.4) is 0 Å². The van der Waals surface area contributed by atoms with Gasteiger partial charge in [0.15, 0.2) is 9.84 Å². The zero-order valence-electron chi connectivity index (χ0n) is 11.1. The van der Waals surface area contributed by atoms with E-state index in [-0.39, 0.29) is 18.2 Å². The van der Waals surface area contributed by atoms with Crippen molar-refractivity contribution in [1.29, 1.82) is 0 Å². The monoisotopic (exact) mass is 335 g/mol. The predicted molar refractivity (Wildman–Crippen MR) is 81.6 cm³/mol. The van der Waals surface area contributed by atoms with Crippen molar-refractivity contribution in [2.24, 2.45) is 5.73 Å². The highest BCUT2D eigenvalue weighted by Crippen LogP contribution is 2.23. The van der Waals surface area contributed by atoms with Gasteiger partial charge in [0.2, 0.25) is 0 Å². The molecule has 1 fully saturated rings. The average Bonchev–Trinajstić information content (AvgIpc) is 2.95. The summed E-state index contributed by atoms with van der Waals surface area (Å²) in [5.41, 5.74) is 5.77. The van der Waals surface area contributed by atoms with Crippen LogP contribution < -0.4 is 5.73 Å². The number of carbonyl (C=O) groups excluding carboxylic acids is 1. The lowest BCUT2D eigenvalue weighted by Crippen LogP contribution is -2.50. The molecule has 0 aliphatic carbocycles. The van der Waals surface area contributed by atoms with Crippen LogP contribution in [0, 0.1) is 0 Å². The highest BCUT2D eigenvalue weighted by atomic mass is 32.2. The van der Waals surface area contributed by atoms with Crippen LogP contribution >= 0.6 is 23.1 Å². The molecule has 1 unspecified atom stereocenters. The van der Waals surface area contributed by atoms with Gasteiger partial charge in [-0.2, -0.15) is 11.8 Å². The van der Waals surface area contributed by atoms with Crippen LogP contribution in [0.1, 0.15) is 22.4 Å². The number of sulfone groups is 1. The summed E-state index contributed by atoms with van der Waals surface area (Å²) in [4.78, 5) is 18.0. The second-order valence-electron chi connectivity index (χ2n) is 4.31. The lowest BCUT2D eigenvalue weighted by atomic mass is 10.4. The highest BCUT2D eigenvalue weighted by Gasteiger charge is 2.36. The van der Waals surface area contributed by atoms with Crippen molar-refractivity contribution in [2.45, 2.75) is 18.8 Å². The summed E-state index contributed by atoms with van der Waals surface area (Å²) in [6.45, 7) is 2.32. The third kappa shape index (κ3) is 3.16. The van der Waals surface area contributed by atoms with E-state index in [2.05, 4.69) is 4.98 Å². The minimum absolute atomic E-state index is 0.0348. The number of thiazole rings is 1. The van der Waals surface area contributed by atoms with Gasteiger partial charge in [0.05, 0.1) is 0 Å². The third-order valence-electron chi connectivity index (χ3n) is 3.11. The first-order valence-electron chi connectivity index (χ1n) is 6.24. The lowest BCUT2D eigenvalue weighted by molar-refractivity contribution is 0.0744. The molecule has 2 N–H and O–H groups in total. The molecular formula is C11H17N3O3S3. The first-order chi connectivity index (χ1) is 9.49. The Morgan fingerprint density at radius 2 is 2.35 bits per heavy atom. The number of thioether (sulfide) groups is 1. The smallest absolute Gasteiger partial charge is 0.274 e. The molecule has 2 heterocycles. The standard InChI is InChI=1S/C11H17N3O3S3/c1-2-20(16,17)10-7-18-4-3-14(10)11(15)8-6-19-9(5-12)13-8/h6,10H,2-5,7,12H2,1H3. The van der Waals surface area contributed by atoms with E-state index in [0.29, 0.717) is 23.0 Å². The minimum Gasteiger partial charge on any atom is -0.325 e. The molecule has 2 rings (SSSR count). The minimum atomic E-state index is -3.29. The number of hydrogen-bond donors (Lipinski definition) is 1. The molecule has 0 saturated carbocycles. The van der Waals surface area contributed by atoms with Gasteiger partial charge >= 0.3 is 0 Å². The number of aromatic nitrogens is 1. The Labute approximate surface area is 126 Å². The van der Waals surface area contributed by atoms with Crippen molar-refractivity contribution >= 4 is 38.8 Å². The fourth-order valence-electron chi connectivity index (χ4n) is 1.95. The Morgan fingerprint density at radius 3 is 2.95 bits per heavy atom. The maximum atomic E-state index is 12.5. The number of nitrogens with two attached hydrogens (primary N) is 1. The Bertz CT molecular complexity index is 585. The number of hydrogen-bond acceptors (Lipinski definition) is 7. The fraction of sp³-hybridized carbons (Fsp3) is 0.636. The molecule has 20 heavy (non-hydrogen) atoms. The van der Waals surface area contributed by atoms with Gasteiger partial charge in [0, 0.05) is 35.7 Å². The molecule has 1 atom stereocenters. The van der Waals surface area contributed by atoms with E-state index in [1.807, 2.05) is 0 Å². The molecule has 9 heteroatoms. The Hall–Kier alpha value is -0.640. The molecule has 1 amide bonds. The van der Waals surface area contributed by atoms with E-state index in [4.69, 9.17) is 5.73 Å². The van der Waals surface area contributed by atoms with E-state index < -0.39 is 15.2 Å². The van der Waals surface area contributed by atoms with Crippen LogP contribution in [-0.2, 0) is 16.4 Å². The molecule has 112 valence electrons. The highest BCUT2D eigenvalue weighted by molar-refractivity contribution is 8.01. The summed E-state index contributed by atoms with van der Waals surface area (Å²) in [6, 6.07) is 0. The molecule has 1 aliphatic rings. The number of rotatable bonds is 4. The van der Waals surface area contributed by atoms with Crippen LogP contribution in [0.2, 0.25) is 0 Å². The third-order valence-corrected chi connectivity index (χ3v) is 7.27. The first-order valence-corrected chi connectivity index (χ1v) is 9.99. The lowest BCUT2D eigenvalue weighted by Gasteiger charge is -2.34. The zero-order chi connectivity index (χ0) is 14.8. The van der Waals surface area contributed by atoms with Gasteiger partial charge in [-0.3, -0.25) is 4.79 Å². The fourth-order valence-corrected chi connectivity index (χ4v) is 5.57. The van der Waals surface area contributed by atoms with Crippen molar-refractivity contribution < 1.29 is 13.2 Å². The molecule has 1 aliphatic heterocycles. The summed E-state index contributed by atoms with van der Waals surface area (Å²) in [6.07, 6.45) is 0. The van der Waals surface area contributed by atoms with Crippen LogP contribution in [0.25, 0.3) is 0 Å². The predicted octanol–water partition coefficient (Wildman–Crippen LogP) is 0.552. The summed E-state index contributed by atoms with van der Waals surface area (Å²) < 4.78 is 24.2. The zero-order valence-corrected chi connectivity index (χ0v) is 13.6. The van der Waals surface area contributed by atoms with Crippen molar-refractivity contribution in [1.82, 2.24) is 9.88 Å². The van der Waals surface area contributed by atoms with Gasteiger partial charge in [-0.1, -0.05) is 6.92 Å². The van der Waals surface area contributed by atoms with Gasteiger partial charge in [-0.15, -0.1) is 11.3 Å². The van der Waals surface area contributed by atoms with Gasteiger partial charge in [0.25, 0.3) is 5.91 Å². The average molecular weight is 335 g/mol. The second-order valence-corrected chi connectivity index (χ2v) is 8.85. The van der Waals surface area contributed by atoms with E-state index in [1.165, 1.54) is 16.2 Å². The van der Waals surface area contributed by atoms with Crippen LogP contribution in [0.5, 0.6) is 0 Å². The SMILES string of the molecule is CCS(=O)(=O)C1CSCCN1C(=O)c1csc(CN)n1. The summed E-state index contributed by atoms with van der Waals surface area (Å²) in [5.74, 6) is 0.890. The van der Waals surface area contributed by atoms with Crippen molar-refractivity contribution in [2.75, 3.05) is 23.8 Å². The summed E-state index contributed by atoms with van der Waals surface area (Å²) in [5, 5.41) is 1.57. The van der Waals surface area contributed by atoms with Gasteiger partial charge in [-0.25, -0.2) is 13.4 Å². The molecule has 0 aromatic carbocycles. The van der Waals surface area contributed by atoms with Crippen molar-refractivity contribution in [3.05, 3.63) is 16.1 Å². The molecule has 1 aromatic rings. The van der Waals surface area contributed by atoms with Crippen LogP contribution in [0.4, 0.5) is 0 Å². The molecule has 1 aromatic heterocycles. The largest absolute Gasteiger partial charge is 0.325 e. The van der Waals surface area contributed by atoms with Crippen molar-refractivity contribution in [3.63, 3.8) is 0 Å². The first kappa shape index (κ1) is 15.7. The van der Waals surface area contributed by atoms with Crippen molar-refractivity contribution in [3.8, 4) is 0 Å². The van der Waals surface area contributed by atoms with E-state index in [1.54, 1.807) is 24.1 Å². The molecule has 6 nitrogen and oxygen atoms in total. The summed E-state index contributed by atoms with van der Waals surface area (Å²) >= 11 is 2.88. The molecule has 0 radical (unpaired) electrons. The molecular weight excluding hydrogens is 318 g/mol. The number of carbonyl (C=O) groups is 1. The maximum absolute atomic E-state index is 12.5. The Balaban J connectivity index is 2.26. The molecule has 0 spiro atoms. The Kier molecular flexibility index (Phi) is 5.05. The van der Waals surface area contributed by atoms with E-state index in [9.17, 15) is 13.2 Å². The van der Waals surface area contributed by atoms with Gasteiger partial charge in [0.1, 0.15) is 16.1 Å². The molecule has 1 saturated heterocycles. The van der Waals surface area contributed by atoms with E-state index in [0.717, 1.165) is 5.75 Å². The second kappa shape index (κ2) is 6.42. The number of nitrogens with zero attached hydrogens (tertiary/aromatic N) is 2. The van der Waals surface area contributed by atoms with E-state index >= 15 is 0 Å². The van der Waals surface area contributed by atoms with Gasteiger partial charge in [-0.05, 0) is 0 Å².